The number of benzene rings is 4. The van der Waals surface area contributed by atoms with E-state index in [4.69, 9.17) is 0 Å². The standard InChI is InChI=1S/C27H24O3/c28-25-15-7-4-12-20(25)23(19-10-2-1-3-11-19)18-24(21-13-5-8-16-26(21)29)22-14-6-9-17-27(22)30/h1-17,23-24,28-30H,18H2. The Morgan fingerprint density at radius 3 is 1.23 bits per heavy atom. The van der Waals surface area contributed by atoms with Gasteiger partial charge in [-0.25, -0.2) is 0 Å². The highest BCUT2D eigenvalue weighted by Gasteiger charge is 2.27. The molecule has 0 saturated carbocycles. The minimum atomic E-state index is -0.266. The van der Waals surface area contributed by atoms with Crippen molar-refractivity contribution < 1.29 is 15.3 Å². The van der Waals surface area contributed by atoms with Gasteiger partial charge in [-0.2, -0.15) is 0 Å². The van der Waals surface area contributed by atoms with Crippen molar-refractivity contribution in [1.29, 1.82) is 0 Å². The Bertz CT molecular complexity index is 1080. The van der Waals surface area contributed by atoms with Crippen LogP contribution in [0.4, 0.5) is 0 Å². The highest BCUT2D eigenvalue weighted by molar-refractivity contribution is 5.48. The summed E-state index contributed by atoms with van der Waals surface area (Å²) in [6.07, 6.45) is 0.566. The molecule has 0 radical (unpaired) electrons. The maximum Gasteiger partial charge on any atom is 0.119 e. The Morgan fingerprint density at radius 2 is 0.800 bits per heavy atom. The van der Waals surface area contributed by atoms with E-state index in [1.54, 1.807) is 30.3 Å². The molecule has 3 N–H and O–H groups in total. The molecule has 0 aliphatic heterocycles. The van der Waals surface area contributed by atoms with Crippen molar-refractivity contribution in [3.63, 3.8) is 0 Å². The summed E-state index contributed by atoms with van der Waals surface area (Å²) in [5.41, 5.74) is 3.38. The molecule has 30 heavy (non-hydrogen) atoms. The van der Waals surface area contributed by atoms with Gasteiger partial charge in [-0.15, -0.1) is 0 Å². The van der Waals surface area contributed by atoms with Crippen molar-refractivity contribution in [1.82, 2.24) is 0 Å². The van der Waals surface area contributed by atoms with Crippen molar-refractivity contribution in [3.8, 4) is 17.2 Å². The zero-order chi connectivity index (χ0) is 20.9. The fraction of sp³-hybridized carbons (Fsp3) is 0.111. The molecule has 3 nitrogen and oxygen atoms in total. The van der Waals surface area contributed by atoms with Gasteiger partial charge in [0.1, 0.15) is 17.2 Å². The first-order chi connectivity index (χ1) is 14.6. The van der Waals surface area contributed by atoms with E-state index in [-0.39, 0.29) is 29.1 Å². The van der Waals surface area contributed by atoms with Crippen LogP contribution in [0.1, 0.15) is 40.5 Å². The summed E-state index contributed by atoms with van der Waals surface area (Å²) in [4.78, 5) is 0. The maximum atomic E-state index is 10.6. The van der Waals surface area contributed by atoms with E-state index < -0.39 is 0 Å². The summed E-state index contributed by atoms with van der Waals surface area (Å²) in [6, 6.07) is 31.8. The summed E-state index contributed by atoms with van der Waals surface area (Å²) >= 11 is 0. The molecule has 3 heteroatoms. The minimum absolute atomic E-state index is 0.128. The van der Waals surface area contributed by atoms with Gasteiger partial charge in [-0.3, -0.25) is 0 Å². The predicted octanol–water partition coefficient (Wildman–Crippen LogP) is 6.16. The van der Waals surface area contributed by atoms with E-state index in [1.165, 1.54) is 0 Å². The minimum Gasteiger partial charge on any atom is -0.508 e. The van der Waals surface area contributed by atoms with E-state index >= 15 is 0 Å². The molecule has 1 unspecified atom stereocenters. The molecule has 4 rings (SSSR count). The third-order valence-corrected chi connectivity index (χ3v) is 5.61. The zero-order valence-electron chi connectivity index (χ0n) is 16.5. The summed E-state index contributed by atoms with van der Waals surface area (Å²) in [6.45, 7) is 0. The number of aromatic hydroxyl groups is 3. The van der Waals surface area contributed by atoms with Crippen LogP contribution in [0.2, 0.25) is 0 Å². The number of phenolic OH excluding ortho intramolecular Hbond substituents is 3. The summed E-state index contributed by atoms with van der Waals surface area (Å²) < 4.78 is 0. The van der Waals surface area contributed by atoms with Gasteiger partial charge < -0.3 is 15.3 Å². The van der Waals surface area contributed by atoms with Crippen molar-refractivity contribution in [2.24, 2.45) is 0 Å². The number of hydrogen-bond acceptors (Lipinski definition) is 3. The molecule has 0 aromatic heterocycles. The lowest BCUT2D eigenvalue weighted by atomic mass is 9.77. The van der Waals surface area contributed by atoms with Crippen LogP contribution >= 0.6 is 0 Å². The average Bonchev–Trinajstić information content (AvgIpc) is 2.77. The molecule has 4 aromatic carbocycles. The normalized spacial score (nSPS) is 12.0. The smallest absolute Gasteiger partial charge is 0.119 e. The monoisotopic (exact) mass is 396 g/mol. The lowest BCUT2D eigenvalue weighted by Gasteiger charge is -2.27. The molecule has 0 bridgehead atoms. The zero-order valence-corrected chi connectivity index (χ0v) is 16.5. The van der Waals surface area contributed by atoms with E-state index in [2.05, 4.69) is 0 Å². The van der Waals surface area contributed by atoms with Crippen molar-refractivity contribution in [3.05, 3.63) is 125 Å². The second-order valence-corrected chi connectivity index (χ2v) is 7.43. The summed E-state index contributed by atoms with van der Waals surface area (Å²) in [5.74, 6) is 0.221. The predicted molar refractivity (Wildman–Crippen MR) is 119 cm³/mol. The number of para-hydroxylation sites is 3. The lowest BCUT2D eigenvalue weighted by molar-refractivity contribution is 0.443. The van der Waals surface area contributed by atoms with Crippen molar-refractivity contribution in [2.75, 3.05) is 0 Å². The van der Waals surface area contributed by atoms with Crippen molar-refractivity contribution >= 4 is 0 Å². The first-order valence-electron chi connectivity index (χ1n) is 10.0. The van der Waals surface area contributed by atoms with Gasteiger partial charge in [0.05, 0.1) is 0 Å². The van der Waals surface area contributed by atoms with Crippen LogP contribution in [0, 0.1) is 0 Å². The second-order valence-electron chi connectivity index (χ2n) is 7.43. The quantitative estimate of drug-likeness (QED) is 0.366. The Labute approximate surface area is 176 Å². The Kier molecular flexibility index (Phi) is 5.71. The lowest BCUT2D eigenvalue weighted by Crippen LogP contribution is -2.10. The topological polar surface area (TPSA) is 60.7 Å². The highest BCUT2D eigenvalue weighted by atomic mass is 16.3. The van der Waals surface area contributed by atoms with Crippen LogP contribution in [0.5, 0.6) is 17.2 Å². The van der Waals surface area contributed by atoms with Gasteiger partial charge in [0.25, 0.3) is 0 Å². The van der Waals surface area contributed by atoms with Gasteiger partial charge in [0, 0.05) is 28.5 Å². The molecule has 0 saturated heterocycles. The molecule has 0 aliphatic rings. The highest BCUT2D eigenvalue weighted by Crippen LogP contribution is 2.45. The Balaban J connectivity index is 1.86. The Hall–Kier alpha value is -3.72. The Morgan fingerprint density at radius 1 is 0.433 bits per heavy atom. The molecule has 0 heterocycles. The molecule has 0 aliphatic carbocycles. The molecular weight excluding hydrogens is 372 g/mol. The molecule has 150 valence electrons. The third-order valence-electron chi connectivity index (χ3n) is 5.61. The van der Waals surface area contributed by atoms with E-state index in [9.17, 15) is 15.3 Å². The second kappa shape index (κ2) is 8.75. The van der Waals surface area contributed by atoms with E-state index in [0.29, 0.717) is 6.42 Å². The largest absolute Gasteiger partial charge is 0.508 e. The molecule has 0 spiro atoms. The first kappa shape index (κ1) is 19.6. The maximum absolute atomic E-state index is 10.6. The van der Waals surface area contributed by atoms with Crippen LogP contribution < -0.4 is 0 Å². The average molecular weight is 396 g/mol. The number of hydrogen-bond donors (Lipinski definition) is 3. The van der Waals surface area contributed by atoms with Gasteiger partial charge in [-0.05, 0) is 30.2 Å². The summed E-state index contributed by atoms with van der Waals surface area (Å²) in [7, 11) is 0. The molecule has 4 aromatic rings. The van der Waals surface area contributed by atoms with Gasteiger partial charge in [-0.1, -0.05) is 84.9 Å². The van der Waals surface area contributed by atoms with Gasteiger partial charge in [0.15, 0.2) is 0 Å². The SMILES string of the molecule is Oc1ccccc1C(CC(c1ccccc1O)c1ccccc1O)c1ccccc1. The van der Waals surface area contributed by atoms with Crippen LogP contribution in [0.3, 0.4) is 0 Å². The molecular formula is C27H24O3. The fourth-order valence-electron chi connectivity index (χ4n) is 4.13. The van der Waals surface area contributed by atoms with Gasteiger partial charge in [0.2, 0.25) is 0 Å². The molecule has 0 amide bonds. The first-order valence-corrected chi connectivity index (χ1v) is 10.0. The van der Waals surface area contributed by atoms with E-state index in [0.717, 1.165) is 22.3 Å². The number of rotatable bonds is 6. The molecule has 1 atom stereocenters. The van der Waals surface area contributed by atoms with E-state index in [1.807, 2.05) is 72.8 Å². The van der Waals surface area contributed by atoms with Gasteiger partial charge >= 0.3 is 0 Å². The van der Waals surface area contributed by atoms with Crippen molar-refractivity contribution in [2.45, 2.75) is 18.3 Å². The van der Waals surface area contributed by atoms with Crippen LogP contribution in [0.25, 0.3) is 0 Å². The number of phenols is 3. The third kappa shape index (κ3) is 4.01. The molecule has 0 fully saturated rings. The van der Waals surface area contributed by atoms with Crippen LogP contribution in [-0.4, -0.2) is 15.3 Å². The fourth-order valence-corrected chi connectivity index (χ4v) is 4.13. The summed E-state index contributed by atoms with van der Waals surface area (Å²) in [5, 5.41) is 31.8. The van der Waals surface area contributed by atoms with Crippen LogP contribution in [-0.2, 0) is 0 Å². The van der Waals surface area contributed by atoms with Crippen LogP contribution in [0.15, 0.2) is 103 Å².